The lowest BCUT2D eigenvalue weighted by atomic mass is 9.91. The third kappa shape index (κ3) is 2.81. The van der Waals surface area contributed by atoms with Crippen molar-refractivity contribution in [1.29, 1.82) is 0 Å². The maximum absolute atomic E-state index is 9.84. The summed E-state index contributed by atoms with van der Waals surface area (Å²) in [6, 6.07) is 8.23. The van der Waals surface area contributed by atoms with Crippen molar-refractivity contribution < 1.29 is 5.11 Å². The lowest BCUT2D eigenvalue weighted by Gasteiger charge is -2.38. The van der Waals surface area contributed by atoms with E-state index in [4.69, 9.17) is 0 Å². The fourth-order valence-corrected chi connectivity index (χ4v) is 2.99. The van der Waals surface area contributed by atoms with Crippen LogP contribution < -0.4 is 4.90 Å². The zero-order valence-corrected chi connectivity index (χ0v) is 11.1. The Bertz CT molecular complexity index is 365. The number of hydrogen-bond donors (Lipinski definition) is 1. The highest BCUT2D eigenvalue weighted by atomic mass is 16.3. The summed E-state index contributed by atoms with van der Waals surface area (Å²) < 4.78 is 0. The van der Waals surface area contributed by atoms with Gasteiger partial charge in [-0.3, -0.25) is 0 Å². The van der Waals surface area contributed by atoms with Crippen molar-refractivity contribution in [2.75, 3.05) is 18.0 Å². The van der Waals surface area contributed by atoms with Crippen molar-refractivity contribution in [1.82, 2.24) is 0 Å². The Kier molecular flexibility index (Phi) is 3.72. The number of hydrogen-bond acceptors (Lipinski definition) is 2. The molecule has 1 saturated heterocycles. The van der Waals surface area contributed by atoms with Crippen molar-refractivity contribution in [3.05, 3.63) is 29.8 Å². The van der Waals surface area contributed by atoms with E-state index in [9.17, 15) is 5.11 Å². The quantitative estimate of drug-likeness (QED) is 0.847. The number of rotatable bonds is 2. The molecule has 1 aliphatic heterocycles. The van der Waals surface area contributed by atoms with Crippen molar-refractivity contribution in [2.45, 2.75) is 33.3 Å². The third-order valence-electron chi connectivity index (χ3n) is 3.60. The van der Waals surface area contributed by atoms with Crippen LogP contribution >= 0.6 is 0 Å². The zero-order chi connectivity index (χ0) is 12.4. The monoisotopic (exact) mass is 233 g/mol. The van der Waals surface area contributed by atoms with Crippen LogP contribution in [0, 0.1) is 11.8 Å². The molecule has 2 rings (SSSR count). The van der Waals surface area contributed by atoms with Gasteiger partial charge in [0.1, 0.15) is 0 Å². The number of piperidine rings is 1. The Morgan fingerprint density at radius 1 is 1.18 bits per heavy atom. The van der Waals surface area contributed by atoms with E-state index in [-0.39, 0.29) is 0 Å². The van der Waals surface area contributed by atoms with Crippen LogP contribution in [-0.2, 0) is 0 Å². The smallest absolute Gasteiger partial charge is 0.0781 e. The first kappa shape index (κ1) is 12.4. The van der Waals surface area contributed by atoms with E-state index in [1.807, 2.05) is 19.1 Å². The van der Waals surface area contributed by atoms with E-state index in [1.165, 1.54) is 12.1 Å². The normalized spacial score (nSPS) is 26.9. The zero-order valence-electron chi connectivity index (χ0n) is 11.1. The number of para-hydroxylation sites is 1. The summed E-state index contributed by atoms with van der Waals surface area (Å²) in [5.41, 5.74) is 2.26. The Morgan fingerprint density at radius 3 is 2.35 bits per heavy atom. The van der Waals surface area contributed by atoms with Gasteiger partial charge in [-0.05, 0) is 31.2 Å². The van der Waals surface area contributed by atoms with Crippen LogP contribution in [0.4, 0.5) is 5.69 Å². The van der Waals surface area contributed by atoms with Crippen LogP contribution in [0.1, 0.15) is 38.9 Å². The molecule has 0 aliphatic carbocycles. The molecule has 1 fully saturated rings. The summed E-state index contributed by atoms with van der Waals surface area (Å²) in [7, 11) is 0. The van der Waals surface area contributed by atoms with Crippen LogP contribution in [-0.4, -0.2) is 18.2 Å². The average Bonchev–Trinajstić information content (AvgIpc) is 2.27. The van der Waals surface area contributed by atoms with Gasteiger partial charge < -0.3 is 10.0 Å². The lowest BCUT2D eigenvalue weighted by molar-refractivity contribution is 0.199. The van der Waals surface area contributed by atoms with Crippen LogP contribution in [0.25, 0.3) is 0 Å². The molecule has 3 atom stereocenters. The predicted molar refractivity (Wildman–Crippen MR) is 72.2 cm³/mol. The largest absolute Gasteiger partial charge is 0.389 e. The number of anilines is 1. The fraction of sp³-hybridized carbons (Fsp3) is 0.600. The number of benzene rings is 1. The molecule has 1 aliphatic rings. The molecule has 0 aromatic heterocycles. The summed E-state index contributed by atoms with van der Waals surface area (Å²) in [5.74, 6) is 1.47. The predicted octanol–water partition coefficient (Wildman–Crippen LogP) is 3.22. The Balaban J connectivity index is 2.27. The van der Waals surface area contributed by atoms with E-state index in [0.29, 0.717) is 0 Å². The summed E-state index contributed by atoms with van der Waals surface area (Å²) in [4.78, 5) is 2.43. The van der Waals surface area contributed by atoms with Gasteiger partial charge in [-0.2, -0.15) is 0 Å². The molecule has 1 aromatic rings. The van der Waals surface area contributed by atoms with Gasteiger partial charge in [0.2, 0.25) is 0 Å². The Hall–Kier alpha value is -1.02. The van der Waals surface area contributed by atoms with Crippen molar-refractivity contribution >= 4 is 5.69 Å². The van der Waals surface area contributed by atoms with Gasteiger partial charge in [0.25, 0.3) is 0 Å². The van der Waals surface area contributed by atoms with Gasteiger partial charge in [0.15, 0.2) is 0 Å². The molecule has 0 radical (unpaired) electrons. The van der Waals surface area contributed by atoms with E-state index in [1.54, 1.807) is 0 Å². The maximum atomic E-state index is 9.84. The minimum absolute atomic E-state index is 0.390. The fourth-order valence-electron chi connectivity index (χ4n) is 2.99. The van der Waals surface area contributed by atoms with Crippen molar-refractivity contribution in [3.8, 4) is 0 Å². The lowest BCUT2D eigenvalue weighted by Crippen LogP contribution is -2.39. The molecule has 0 spiro atoms. The Labute approximate surface area is 104 Å². The molecule has 2 unspecified atom stereocenters. The number of aliphatic hydroxyl groups is 1. The highest BCUT2D eigenvalue weighted by Crippen LogP contribution is 2.31. The SMILES string of the molecule is CC1CC(C)CN(c2ccccc2[C@H](C)O)C1. The number of aliphatic hydroxyl groups excluding tert-OH is 1. The molecule has 2 heteroatoms. The first-order valence-corrected chi connectivity index (χ1v) is 6.60. The topological polar surface area (TPSA) is 23.5 Å². The van der Waals surface area contributed by atoms with Crippen LogP contribution in [0.3, 0.4) is 0 Å². The molecule has 0 bridgehead atoms. The van der Waals surface area contributed by atoms with Gasteiger partial charge in [-0.1, -0.05) is 32.0 Å². The van der Waals surface area contributed by atoms with Crippen LogP contribution in [0.15, 0.2) is 24.3 Å². The minimum atomic E-state index is -0.390. The molecule has 0 saturated carbocycles. The van der Waals surface area contributed by atoms with Crippen molar-refractivity contribution in [2.24, 2.45) is 11.8 Å². The van der Waals surface area contributed by atoms with Gasteiger partial charge in [0, 0.05) is 24.3 Å². The second-order valence-electron chi connectivity index (χ2n) is 5.59. The highest BCUT2D eigenvalue weighted by Gasteiger charge is 2.23. The summed E-state index contributed by atoms with van der Waals surface area (Å²) in [6.07, 6.45) is 0.923. The first-order chi connectivity index (χ1) is 8.08. The summed E-state index contributed by atoms with van der Waals surface area (Å²) in [6.45, 7) is 8.68. The number of nitrogens with zero attached hydrogens (tertiary/aromatic N) is 1. The van der Waals surface area contributed by atoms with Gasteiger partial charge in [0.05, 0.1) is 6.10 Å². The second-order valence-corrected chi connectivity index (χ2v) is 5.59. The Morgan fingerprint density at radius 2 is 1.76 bits per heavy atom. The van der Waals surface area contributed by atoms with E-state index < -0.39 is 6.10 Å². The molecule has 2 nitrogen and oxygen atoms in total. The molecule has 94 valence electrons. The second kappa shape index (κ2) is 5.09. The van der Waals surface area contributed by atoms with Crippen LogP contribution in [0.5, 0.6) is 0 Å². The van der Waals surface area contributed by atoms with E-state index in [0.717, 1.165) is 30.5 Å². The maximum Gasteiger partial charge on any atom is 0.0781 e. The third-order valence-corrected chi connectivity index (χ3v) is 3.60. The van der Waals surface area contributed by atoms with Gasteiger partial charge >= 0.3 is 0 Å². The van der Waals surface area contributed by atoms with Crippen LogP contribution in [0.2, 0.25) is 0 Å². The van der Waals surface area contributed by atoms with Gasteiger partial charge in [-0.15, -0.1) is 0 Å². The first-order valence-electron chi connectivity index (χ1n) is 6.60. The van der Waals surface area contributed by atoms with E-state index >= 15 is 0 Å². The summed E-state index contributed by atoms with van der Waals surface area (Å²) in [5, 5.41) is 9.84. The standard InChI is InChI=1S/C15H23NO/c1-11-8-12(2)10-16(9-11)15-7-5-4-6-14(15)13(3)17/h4-7,11-13,17H,8-10H2,1-3H3/t11?,12?,13-/m0/s1. The molecule has 1 aromatic carbocycles. The summed E-state index contributed by atoms with van der Waals surface area (Å²) >= 11 is 0. The molecule has 1 heterocycles. The highest BCUT2D eigenvalue weighted by molar-refractivity contribution is 5.55. The minimum Gasteiger partial charge on any atom is -0.389 e. The van der Waals surface area contributed by atoms with Gasteiger partial charge in [-0.25, -0.2) is 0 Å². The van der Waals surface area contributed by atoms with E-state index in [2.05, 4.69) is 30.9 Å². The van der Waals surface area contributed by atoms with Crippen molar-refractivity contribution in [3.63, 3.8) is 0 Å². The molecule has 0 amide bonds. The molecule has 17 heavy (non-hydrogen) atoms. The molecular formula is C15H23NO. The molecule has 1 N–H and O–H groups in total. The molecular weight excluding hydrogens is 210 g/mol. The average molecular weight is 233 g/mol.